The van der Waals surface area contributed by atoms with Crippen molar-refractivity contribution in [2.24, 2.45) is 0 Å². The number of hydrogen-bond acceptors (Lipinski definition) is 4. The SMILES string of the molecule is CC(C)(C)OC(=O)N1CCN(CC(O)CCl)CC1. The highest BCUT2D eigenvalue weighted by Crippen LogP contribution is 2.12. The van der Waals surface area contributed by atoms with E-state index in [2.05, 4.69) is 4.90 Å². The Morgan fingerprint density at radius 2 is 1.89 bits per heavy atom. The first-order chi connectivity index (χ1) is 8.31. The maximum Gasteiger partial charge on any atom is 0.410 e. The number of β-amino-alcohol motifs (C(OH)–C–C–N with tert-alkyl or cyclic N) is 1. The Labute approximate surface area is 114 Å². The minimum Gasteiger partial charge on any atom is -0.444 e. The van der Waals surface area contributed by atoms with Gasteiger partial charge in [-0.05, 0) is 20.8 Å². The van der Waals surface area contributed by atoms with Crippen LogP contribution in [-0.4, -0.2) is 71.3 Å². The molecule has 6 heteroatoms. The fourth-order valence-electron chi connectivity index (χ4n) is 1.79. The Morgan fingerprint density at radius 3 is 2.33 bits per heavy atom. The van der Waals surface area contributed by atoms with Crippen LogP contribution in [0.5, 0.6) is 0 Å². The number of carbonyl (C=O) groups is 1. The zero-order valence-corrected chi connectivity index (χ0v) is 12.1. The second-order valence-electron chi connectivity index (χ2n) is 5.58. The number of nitrogens with zero attached hydrogens (tertiary/aromatic N) is 2. The van der Waals surface area contributed by atoms with Crippen molar-refractivity contribution in [3.05, 3.63) is 0 Å². The van der Waals surface area contributed by atoms with Gasteiger partial charge in [-0.3, -0.25) is 4.90 Å². The van der Waals surface area contributed by atoms with Crippen LogP contribution in [0.2, 0.25) is 0 Å². The van der Waals surface area contributed by atoms with Crippen molar-refractivity contribution in [1.29, 1.82) is 0 Å². The Kier molecular flexibility index (Phi) is 5.69. The van der Waals surface area contributed by atoms with Gasteiger partial charge >= 0.3 is 6.09 Å². The molecule has 0 bridgehead atoms. The van der Waals surface area contributed by atoms with E-state index in [0.717, 1.165) is 13.1 Å². The van der Waals surface area contributed by atoms with Crippen LogP contribution >= 0.6 is 11.6 Å². The van der Waals surface area contributed by atoms with Crippen molar-refractivity contribution in [2.75, 3.05) is 38.6 Å². The van der Waals surface area contributed by atoms with E-state index in [1.807, 2.05) is 20.8 Å². The van der Waals surface area contributed by atoms with Gasteiger partial charge < -0.3 is 14.7 Å². The number of ether oxygens (including phenoxy) is 1. The summed E-state index contributed by atoms with van der Waals surface area (Å²) in [5, 5.41) is 9.46. The molecule has 1 aliphatic rings. The quantitative estimate of drug-likeness (QED) is 0.787. The first kappa shape index (κ1) is 15.5. The van der Waals surface area contributed by atoms with Gasteiger partial charge in [0.2, 0.25) is 0 Å². The maximum atomic E-state index is 11.8. The van der Waals surface area contributed by atoms with E-state index in [0.29, 0.717) is 19.6 Å². The minimum absolute atomic E-state index is 0.242. The molecular formula is C12H23ClN2O3. The lowest BCUT2D eigenvalue weighted by atomic mass is 10.2. The second kappa shape index (κ2) is 6.59. The van der Waals surface area contributed by atoms with E-state index in [1.165, 1.54) is 0 Å². The number of hydrogen-bond donors (Lipinski definition) is 1. The number of rotatable bonds is 3. The molecule has 1 fully saturated rings. The molecule has 0 aromatic heterocycles. The number of aliphatic hydroxyl groups is 1. The monoisotopic (exact) mass is 278 g/mol. The molecule has 18 heavy (non-hydrogen) atoms. The van der Waals surface area contributed by atoms with Gasteiger partial charge in [0.15, 0.2) is 0 Å². The molecule has 0 radical (unpaired) electrons. The van der Waals surface area contributed by atoms with Gasteiger partial charge in [-0.1, -0.05) is 0 Å². The maximum absolute atomic E-state index is 11.8. The summed E-state index contributed by atoms with van der Waals surface area (Å²) in [5.41, 5.74) is -0.455. The molecule has 1 atom stereocenters. The molecular weight excluding hydrogens is 256 g/mol. The van der Waals surface area contributed by atoms with Crippen LogP contribution in [0, 0.1) is 0 Å². The third kappa shape index (κ3) is 5.42. The van der Waals surface area contributed by atoms with Crippen molar-refractivity contribution in [1.82, 2.24) is 9.80 Å². The normalized spacial score (nSPS) is 19.7. The molecule has 1 unspecified atom stereocenters. The number of alkyl halides is 1. The van der Waals surface area contributed by atoms with Crippen LogP contribution in [0.25, 0.3) is 0 Å². The second-order valence-corrected chi connectivity index (χ2v) is 5.88. The third-order valence-electron chi connectivity index (χ3n) is 2.67. The van der Waals surface area contributed by atoms with Crippen molar-refractivity contribution in [3.8, 4) is 0 Å². The number of piperazine rings is 1. The zero-order valence-electron chi connectivity index (χ0n) is 11.4. The fraction of sp³-hybridized carbons (Fsp3) is 0.917. The molecule has 1 heterocycles. The van der Waals surface area contributed by atoms with Crippen LogP contribution in [0.4, 0.5) is 4.79 Å². The molecule has 1 aliphatic heterocycles. The molecule has 5 nitrogen and oxygen atoms in total. The van der Waals surface area contributed by atoms with Crippen LogP contribution in [0.15, 0.2) is 0 Å². The van der Waals surface area contributed by atoms with Crippen molar-refractivity contribution >= 4 is 17.7 Å². The van der Waals surface area contributed by atoms with Crippen molar-refractivity contribution in [2.45, 2.75) is 32.5 Å². The van der Waals surface area contributed by atoms with E-state index in [9.17, 15) is 9.90 Å². The molecule has 0 aliphatic carbocycles. The largest absolute Gasteiger partial charge is 0.444 e. The Balaban J connectivity index is 2.33. The smallest absolute Gasteiger partial charge is 0.410 e. The lowest BCUT2D eigenvalue weighted by molar-refractivity contribution is 0.0111. The highest BCUT2D eigenvalue weighted by molar-refractivity contribution is 6.18. The molecule has 0 spiro atoms. The molecule has 0 aromatic rings. The molecule has 1 amide bonds. The van der Waals surface area contributed by atoms with Crippen molar-refractivity contribution in [3.63, 3.8) is 0 Å². The van der Waals surface area contributed by atoms with Crippen LogP contribution in [0.3, 0.4) is 0 Å². The molecule has 0 aromatic carbocycles. The van der Waals surface area contributed by atoms with Gasteiger partial charge in [-0.2, -0.15) is 0 Å². The summed E-state index contributed by atoms with van der Waals surface area (Å²) in [5.74, 6) is 0.242. The predicted molar refractivity (Wildman–Crippen MR) is 71.0 cm³/mol. The number of aliphatic hydroxyl groups excluding tert-OH is 1. The van der Waals surface area contributed by atoms with Gasteiger partial charge in [0.05, 0.1) is 6.10 Å². The van der Waals surface area contributed by atoms with Gasteiger partial charge in [-0.15, -0.1) is 11.6 Å². The summed E-state index contributed by atoms with van der Waals surface area (Å²) >= 11 is 5.56. The van der Waals surface area contributed by atoms with Gasteiger partial charge in [0.25, 0.3) is 0 Å². The lowest BCUT2D eigenvalue weighted by Crippen LogP contribution is -2.51. The average Bonchev–Trinajstić information content (AvgIpc) is 2.27. The number of carbonyl (C=O) groups excluding carboxylic acids is 1. The van der Waals surface area contributed by atoms with Crippen LogP contribution < -0.4 is 0 Å². The topological polar surface area (TPSA) is 53.0 Å². The van der Waals surface area contributed by atoms with E-state index in [1.54, 1.807) is 4.90 Å². The van der Waals surface area contributed by atoms with E-state index < -0.39 is 11.7 Å². The summed E-state index contributed by atoms with van der Waals surface area (Å²) in [7, 11) is 0. The zero-order chi connectivity index (χ0) is 13.8. The standard InChI is InChI=1S/C12H23ClN2O3/c1-12(2,3)18-11(17)15-6-4-14(5-7-15)9-10(16)8-13/h10,16H,4-9H2,1-3H3. The van der Waals surface area contributed by atoms with Crippen LogP contribution in [-0.2, 0) is 4.74 Å². The molecule has 0 saturated carbocycles. The minimum atomic E-state index is -0.500. The van der Waals surface area contributed by atoms with Crippen LogP contribution in [0.1, 0.15) is 20.8 Å². The number of amides is 1. The average molecular weight is 279 g/mol. The number of halogens is 1. The Hall–Kier alpha value is -0.520. The highest BCUT2D eigenvalue weighted by atomic mass is 35.5. The first-order valence-corrected chi connectivity index (χ1v) is 6.79. The van der Waals surface area contributed by atoms with Gasteiger partial charge in [0.1, 0.15) is 5.60 Å². The van der Waals surface area contributed by atoms with Gasteiger partial charge in [-0.25, -0.2) is 4.79 Å². The predicted octanol–water partition coefficient (Wildman–Crippen LogP) is 1.14. The Morgan fingerprint density at radius 1 is 1.33 bits per heavy atom. The van der Waals surface area contributed by atoms with E-state index >= 15 is 0 Å². The van der Waals surface area contributed by atoms with E-state index in [-0.39, 0.29) is 12.0 Å². The first-order valence-electron chi connectivity index (χ1n) is 6.26. The third-order valence-corrected chi connectivity index (χ3v) is 3.03. The summed E-state index contributed by atoms with van der Waals surface area (Å²) < 4.78 is 5.31. The van der Waals surface area contributed by atoms with E-state index in [4.69, 9.17) is 16.3 Å². The fourth-order valence-corrected chi connectivity index (χ4v) is 1.88. The summed E-state index contributed by atoms with van der Waals surface area (Å²) in [6.07, 6.45) is -0.764. The summed E-state index contributed by atoms with van der Waals surface area (Å²) in [4.78, 5) is 15.6. The molecule has 1 saturated heterocycles. The summed E-state index contributed by atoms with van der Waals surface area (Å²) in [6.45, 7) is 8.88. The lowest BCUT2D eigenvalue weighted by Gasteiger charge is -2.36. The highest BCUT2D eigenvalue weighted by Gasteiger charge is 2.26. The van der Waals surface area contributed by atoms with Crippen molar-refractivity contribution < 1.29 is 14.6 Å². The summed E-state index contributed by atoms with van der Waals surface area (Å²) in [6, 6.07) is 0. The molecule has 106 valence electrons. The molecule has 1 rings (SSSR count). The Bertz CT molecular complexity index is 273. The van der Waals surface area contributed by atoms with Gasteiger partial charge in [0, 0.05) is 38.6 Å². The molecule has 1 N–H and O–H groups in total.